The van der Waals surface area contributed by atoms with Crippen molar-refractivity contribution >= 4 is 40.1 Å². The van der Waals surface area contributed by atoms with Gasteiger partial charge in [0.05, 0.1) is 43.1 Å². The van der Waals surface area contributed by atoms with Gasteiger partial charge in [0.25, 0.3) is 5.91 Å². The minimum Gasteiger partial charge on any atom is -0.493 e. The van der Waals surface area contributed by atoms with Gasteiger partial charge in [-0.25, -0.2) is 15.0 Å². The molecule has 2 aromatic carbocycles. The van der Waals surface area contributed by atoms with Crippen molar-refractivity contribution in [1.82, 2.24) is 16.1 Å². The fraction of sp³-hybridized carbons (Fsp3) is 0.286. The first-order chi connectivity index (χ1) is 19.7. The topological polar surface area (TPSA) is 146 Å². The van der Waals surface area contributed by atoms with E-state index in [2.05, 4.69) is 43.0 Å². The number of carbonyl (C=O) groups excluding carboxylic acids is 3. The van der Waals surface area contributed by atoms with E-state index >= 15 is 0 Å². The fourth-order valence-electron chi connectivity index (χ4n) is 3.83. The SMILES string of the molecule is C#CCOc1c(Br)cc(/C=N\NC(=O)COc2ccc([C@H]3NC(=O)NC(C)=C3C(=O)OCC)cc2OC)cc1OC. The number of nitrogens with one attached hydrogen (secondary N) is 3. The number of ether oxygens (including phenoxy) is 5. The molecule has 216 valence electrons. The summed E-state index contributed by atoms with van der Waals surface area (Å²) in [7, 11) is 2.92. The number of carbonyl (C=O) groups is 3. The molecule has 0 radical (unpaired) electrons. The van der Waals surface area contributed by atoms with E-state index in [0.29, 0.717) is 32.8 Å². The quantitative estimate of drug-likeness (QED) is 0.141. The number of allylic oxidation sites excluding steroid dienone is 1. The molecule has 3 N–H and O–H groups in total. The molecule has 1 heterocycles. The Morgan fingerprint density at radius 1 is 1.15 bits per heavy atom. The van der Waals surface area contributed by atoms with Gasteiger partial charge in [-0.1, -0.05) is 12.0 Å². The van der Waals surface area contributed by atoms with Crippen molar-refractivity contribution in [2.24, 2.45) is 5.10 Å². The number of halogens is 1. The van der Waals surface area contributed by atoms with Crippen LogP contribution in [0.25, 0.3) is 0 Å². The van der Waals surface area contributed by atoms with Crippen LogP contribution in [0.2, 0.25) is 0 Å². The Labute approximate surface area is 245 Å². The third-order valence-electron chi connectivity index (χ3n) is 5.60. The standard InChI is InChI=1S/C28H29BrN4O8/c1-6-10-40-26-19(29)11-17(12-22(26)38-5)14-30-33-23(34)15-41-20-9-8-18(13-21(20)37-4)25-24(27(35)39-7-2)16(3)31-28(36)32-25/h1,8-9,11-14,25H,7,10,15H2,2-5H3,(H,33,34)(H2,31,32,36)/b30-14-/t25-/m1/s1. The number of urea groups is 1. The number of hydrogen-bond donors (Lipinski definition) is 3. The highest BCUT2D eigenvalue weighted by atomic mass is 79.9. The second-order valence-corrected chi connectivity index (χ2v) is 9.16. The molecule has 0 spiro atoms. The molecule has 3 rings (SSSR count). The number of terminal acetylenes is 1. The summed E-state index contributed by atoms with van der Waals surface area (Å²) in [6.45, 7) is 3.20. The normalized spacial score (nSPS) is 14.4. The van der Waals surface area contributed by atoms with Gasteiger partial charge >= 0.3 is 12.0 Å². The number of methoxy groups -OCH3 is 2. The molecule has 41 heavy (non-hydrogen) atoms. The fourth-order valence-corrected chi connectivity index (χ4v) is 4.40. The molecule has 3 amide bonds. The van der Waals surface area contributed by atoms with Crippen LogP contribution in [0.4, 0.5) is 4.79 Å². The lowest BCUT2D eigenvalue weighted by atomic mass is 9.95. The molecule has 0 fully saturated rings. The summed E-state index contributed by atoms with van der Waals surface area (Å²) in [5.41, 5.74) is 4.21. The maximum absolute atomic E-state index is 12.6. The van der Waals surface area contributed by atoms with Crippen molar-refractivity contribution in [1.29, 1.82) is 0 Å². The van der Waals surface area contributed by atoms with Crippen LogP contribution in [0.5, 0.6) is 23.0 Å². The van der Waals surface area contributed by atoms with Gasteiger partial charge in [0, 0.05) is 5.70 Å². The van der Waals surface area contributed by atoms with Gasteiger partial charge in [-0.3, -0.25) is 4.79 Å². The number of hydrogen-bond acceptors (Lipinski definition) is 9. The number of rotatable bonds is 12. The molecule has 0 aromatic heterocycles. The van der Waals surface area contributed by atoms with Crippen LogP contribution in [0, 0.1) is 12.3 Å². The molecule has 0 unspecified atom stereocenters. The molecule has 0 saturated carbocycles. The van der Waals surface area contributed by atoms with Gasteiger partial charge in [0.15, 0.2) is 29.6 Å². The zero-order valence-corrected chi connectivity index (χ0v) is 24.4. The van der Waals surface area contributed by atoms with E-state index in [-0.39, 0.29) is 36.9 Å². The minimum absolute atomic E-state index is 0.0753. The number of hydrazone groups is 1. The Bertz CT molecular complexity index is 1420. The van der Waals surface area contributed by atoms with E-state index < -0.39 is 23.9 Å². The largest absolute Gasteiger partial charge is 0.493 e. The first kappa shape index (κ1) is 30.8. The second kappa shape index (κ2) is 14.6. The first-order valence-corrected chi connectivity index (χ1v) is 13.0. The molecule has 1 aliphatic heterocycles. The lowest BCUT2D eigenvalue weighted by molar-refractivity contribution is -0.139. The molecule has 0 aliphatic carbocycles. The number of benzene rings is 2. The Morgan fingerprint density at radius 2 is 1.90 bits per heavy atom. The van der Waals surface area contributed by atoms with Crippen LogP contribution < -0.4 is 35.0 Å². The Balaban J connectivity index is 1.67. The second-order valence-electron chi connectivity index (χ2n) is 8.31. The van der Waals surface area contributed by atoms with Crippen molar-refractivity contribution in [3.05, 3.63) is 57.2 Å². The molecule has 12 nitrogen and oxygen atoms in total. The summed E-state index contributed by atoms with van der Waals surface area (Å²) >= 11 is 3.40. The highest BCUT2D eigenvalue weighted by Gasteiger charge is 2.32. The van der Waals surface area contributed by atoms with Gasteiger partial charge < -0.3 is 34.3 Å². The third kappa shape index (κ3) is 7.92. The van der Waals surface area contributed by atoms with Gasteiger partial charge in [-0.2, -0.15) is 5.10 Å². The van der Waals surface area contributed by atoms with Crippen molar-refractivity contribution in [2.45, 2.75) is 19.9 Å². The lowest BCUT2D eigenvalue weighted by Gasteiger charge is -2.28. The molecule has 1 aliphatic rings. The number of nitrogens with zero attached hydrogens (tertiary/aromatic N) is 1. The average Bonchev–Trinajstić information content (AvgIpc) is 2.94. The molecule has 13 heteroatoms. The molecule has 2 aromatic rings. The van der Waals surface area contributed by atoms with Gasteiger partial charge in [0.1, 0.15) is 6.61 Å². The van der Waals surface area contributed by atoms with E-state index in [1.807, 2.05) is 0 Å². The zero-order chi connectivity index (χ0) is 29.9. The van der Waals surface area contributed by atoms with Crippen LogP contribution >= 0.6 is 15.9 Å². The Kier molecular flexibility index (Phi) is 11.0. The van der Waals surface area contributed by atoms with Crippen molar-refractivity contribution in [3.63, 3.8) is 0 Å². The van der Waals surface area contributed by atoms with Crippen LogP contribution in [0.1, 0.15) is 31.0 Å². The molecular formula is C28H29BrN4O8. The summed E-state index contributed by atoms with van der Waals surface area (Å²) in [4.78, 5) is 37.1. The third-order valence-corrected chi connectivity index (χ3v) is 6.19. The maximum atomic E-state index is 12.6. The monoisotopic (exact) mass is 628 g/mol. The van der Waals surface area contributed by atoms with Crippen LogP contribution in [-0.2, 0) is 14.3 Å². The Hall–Kier alpha value is -4.70. The predicted molar refractivity (Wildman–Crippen MR) is 153 cm³/mol. The summed E-state index contributed by atoms with van der Waals surface area (Å²) in [5.74, 6) is 2.75. The van der Waals surface area contributed by atoms with Crippen LogP contribution in [-0.4, -0.2) is 58.2 Å². The summed E-state index contributed by atoms with van der Waals surface area (Å²) in [6.07, 6.45) is 6.67. The van der Waals surface area contributed by atoms with Crippen molar-refractivity contribution < 1.29 is 38.1 Å². The molecule has 0 saturated heterocycles. The summed E-state index contributed by atoms with van der Waals surface area (Å²) < 4.78 is 27.6. The zero-order valence-electron chi connectivity index (χ0n) is 22.8. The smallest absolute Gasteiger partial charge is 0.338 e. The molecular weight excluding hydrogens is 600 g/mol. The van der Waals surface area contributed by atoms with E-state index in [4.69, 9.17) is 30.1 Å². The van der Waals surface area contributed by atoms with Crippen LogP contribution in [0.3, 0.4) is 0 Å². The molecule has 1 atom stereocenters. The maximum Gasteiger partial charge on any atom is 0.338 e. The minimum atomic E-state index is -0.778. The van der Waals surface area contributed by atoms with Crippen molar-refractivity contribution in [2.75, 3.05) is 34.0 Å². The highest BCUT2D eigenvalue weighted by molar-refractivity contribution is 9.10. The highest BCUT2D eigenvalue weighted by Crippen LogP contribution is 2.36. The average molecular weight is 629 g/mol. The van der Waals surface area contributed by atoms with Gasteiger partial charge in [-0.05, 0) is 65.2 Å². The van der Waals surface area contributed by atoms with Gasteiger partial charge in [-0.15, -0.1) is 6.42 Å². The summed E-state index contributed by atoms with van der Waals surface area (Å²) in [6, 6.07) is 6.99. The first-order valence-electron chi connectivity index (χ1n) is 12.2. The summed E-state index contributed by atoms with van der Waals surface area (Å²) in [5, 5.41) is 9.26. The Morgan fingerprint density at radius 3 is 2.59 bits per heavy atom. The van der Waals surface area contributed by atoms with E-state index in [9.17, 15) is 14.4 Å². The van der Waals surface area contributed by atoms with Crippen molar-refractivity contribution in [3.8, 4) is 35.3 Å². The molecule has 0 bridgehead atoms. The number of esters is 1. The van der Waals surface area contributed by atoms with E-state index in [0.717, 1.165) is 0 Å². The van der Waals surface area contributed by atoms with E-state index in [1.165, 1.54) is 20.4 Å². The van der Waals surface area contributed by atoms with E-state index in [1.54, 1.807) is 44.2 Å². The van der Waals surface area contributed by atoms with Gasteiger partial charge in [0.2, 0.25) is 0 Å². The predicted octanol–water partition coefficient (Wildman–Crippen LogP) is 3.20. The van der Waals surface area contributed by atoms with Crippen LogP contribution in [0.15, 0.2) is 51.2 Å². The number of amides is 3. The lowest BCUT2D eigenvalue weighted by Crippen LogP contribution is -2.45.